The molecule has 3 rings (SSSR count). The molecule has 3 heteroatoms. The van der Waals surface area contributed by atoms with Gasteiger partial charge in [0.1, 0.15) is 5.58 Å². The standard InChI is InChI=1S/C14H15NO2/c1-9-11-4-2-3-5-12(11)17-13(9)14(16)15-8-10-6-7-10/h2-5,10H,6-8H2,1H3,(H,15,16). The largest absolute Gasteiger partial charge is 0.451 e. The van der Waals surface area contributed by atoms with Crippen LogP contribution < -0.4 is 5.32 Å². The number of furan rings is 1. The van der Waals surface area contributed by atoms with Crippen molar-refractivity contribution < 1.29 is 9.21 Å². The molecule has 0 atom stereocenters. The Kier molecular flexibility index (Phi) is 2.39. The second kappa shape index (κ2) is 3.91. The average Bonchev–Trinajstić information content (AvgIpc) is 3.11. The molecule has 1 saturated carbocycles. The van der Waals surface area contributed by atoms with Crippen molar-refractivity contribution in [1.29, 1.82) is 0 Å². The molecule has 1 heterocycles. The third-order valence-corrected chi connectivity index (χ3v) is 3.30. The number of nitrogens with one attached hydrogen (secondary N) is 1. The number of carbonyl (C=O) groups is 1. The van der Waals surface area contributed by atoms with Crippen molar-refractivity contribution in [2.24, 2.45) is 5.92 Å². The van der Waals surface area contributed by atoms with E-state index in [1.807, 2.05) is 31.2 Å². The van der Waals surface area contributed by atoms with Gasteiger partial charge in [-0.05, 0) is 31.7 Å². The summed E-state index contributed by atoms with van der Waals surface area (Å²) in [5, 5.41) is 3.95. The molecule has 1 fully saturated rings. The van der Waals surface area contributed by atoms with Crippen molar-refractivity contribution in [2.45, 2.75) is 19.8 Å². The summed E-state index contributed by atoms with van der Waals surface area (Å²) < 4.78 is 5.60. The summed E-state index contributed by atoms with van der Waals surface area (Å²) in [5.74, 6) is 1.04. The molecule has 1 aromatic heterocycles. The molecule has 3 nitrogen and oxygen atoms in total. The van der Waals surface area contributed by atoms with Crippen LogP contribution in [0, 0.1) is 12.8 Å². The lowest BCUT2D eigenvalue weighted by atomic mass is 10.1. The Balaban J connectivity index is 1.87. The van der Waals surface area contributed by atoms with Gasteiger partial charge in [0.2, 0.25) is 0 Å². The van der Waals surface area contributed by atoms with Crippen LogP contribution in [0.1, 0.15) is 29.0 Å². The van der Waals surface area contributed by atoms with Gasteiger partial charge in [0.05, 0.1) is 0 Å². The summed E-state index contributed by atoms with van der Waals surface area (Å²) >= 11 is 0. The highest BCUT2D eigenvalue weighted by molar-refractivity contribution is 5.98. The topological polar surface area (TPSA) is 42.2 Å². The summed E-state index contributed by atoms with van der Waals surface area (Å²) in [4.78, 5) is 12.0. The van der Waals surface area contributed by atoms with Crippen molar-refractivity contribution in [3.8, 4) is 0 Å². The predicted octanol–water partition coefficient (Wildman–Crippen LogP) is 2.88. The highest BCUT2D eigenvalue weighted by atomic mass is 16.3. The zero-order chi connectivity index (χ0) is 11.8. The SMILES string of the molecule is Cc1c(C(=O)NCC2CC2)oc2ccccc12. The van der Waals surface area contributed by atoms with Gasteiger partial charge in [-0.1, -0.05) is 18.2 Å². The second-order valence-electron chi connectivity index (χ2n) is 4.71. The molecule has 0 spiro atoms. The summed E-state index contributed by atoms with van der Waals surface area (Å²) in [6.45, 7) is 2.70. The van der Waals surface area contributed by atoms with Crippen LogP contribution in [-0.4, -0.2) is 12.5 Å². The van der Waals surface area contributed by atoms with Crippen LogP contribution in [0.15, 0.2) is 28.7 Å². The summed E-state index contributed by atoms with van der Waals surface area (Å²) in [6.07, 6.45) is 2.47. The van der Waals surface area contributed by atoms with Crippen LogP contribution in [0.2, 0.25) is 0 Å². The molecule has 1 aromatic carbocycles. The molecule has 1 amide bonds. The highest BCUT2D eigenvalue weighted by Gasteiger charge is 2.23. The Labute approximate surface area is 99.8 Å². The quantitative estimate of drug-likeness (QED) is 0.879. The van der Waals surface area contributed by atoms with E-state index < -0.39 is 0 Å². The minimum atomic E-state index is -0.0920. The Morgan fingerprint density at radius 3 is 2.88 bits per heavy atom. The van der Waals surface area contributed by atoms with Crippen molar-refractivity contribution in [2.75, 3.05) is 6.54 Å². The van der Waals surface area contributed by atoms with Gasteiger partial charge >= 0.3 is 0 Å². The first-order valence-corrected chi connectivity index (χ1v) is 6.02. The molecule has 17 heavy (non-hydrogen) atoms. The lowest BCUT2D eigenvalue weighted by molar-refractivity contribution is 0.0925. The van der Waals surface area contributed by atoms with Gasteiger partial charge in [-0.15, -0.1) is 0 Å². The van der Waals surface area contributed by atoms with Crippen molar-refractivity contribution in [3.63, 3.8) is 0 Å². The number of amides is 1. The monoisotopic (exact) mass is 229 g/mol. The van der Waals surface area contributed by atoms with Gasteiger partial charge in [-0.2, -0.15) is 0 Å². The number of hydrogen-bond acceptors (Lipinski definition) is 2. The van der Waals surface area contributed by atoms with E-state index in [4.69, 9.17) is 4.42 Å². The summed E-state index contributed by atoms with van der Waals surface area (Å²) in [5.41, 5.74) is 1.70. The molecule has 0 unspecified atom stereocenters. The van der Waals surface area contributed by atoms with Gasteiger partial charge in [-0.3, -0.25) is 4.79 Å². The molecule has 88 valence electrons. The van der Waals surface area contributed by atoms with E-state index in [2.05, 4.69) is 5.32 Å². The van der Waals surface area contributed by atoms with E-state index in [1.165, 1.54) is 12.8 Å². The minimum Gasteiger partial charge on any atom is -0.451 e. The molecule has 0 aliphatic heterocycles. The van der Waals surface area contributed by atoms with Gasteiger partial charge in [-0.25, -0.2) is 0 Å². The summed E-state index contributed by atoms with van der Waals surface area (Å²) in [6, 6.07) is 7.74. The number of rotatable bonds is 3. The number of hydrogen-bond donors (Lipinski definition) is 1. The number of benzene rings is 1. The van der Waals surface area contributed by atoms with E-state index in [0.717, 1.165) is 23.1 Å². The van der Waals surface area contributed by atoms with Crippen molar-refractivity contribution >= 4 is 16.9 Å². The fourth-order valence-electron chi connectivity index (χ4n) is 2.03. The van der Waals surface area contributed by atoms with Crippen molar-refractivity contribution in [3.05, 3.63) is 35.6 Å². The zero-order valence-corrected chi connectivity index (χ0v) is 9.82. The van der Waals surface area contributed by atoms with Gasteiger partial charge in [0, 0.05) is 17.5 Å². The molecule has 1 aliphatic carbocycles. The van der Waals surface area contributed by atoms with Crippen LogP contribution in [0.5, 0.6) is 0 Å². The maximum atomic E-state index is 12.0. The first-order chi connectivity index (χ1) is 8.25. The molecule has 0 saturated heterocycles. The maximum absolute atomic E-state index is 12.0. The highest BCUT2D eigenvalue weighted by Crippen LogP contribution is 2.28. The normalized spacial score (nSPS) is 15.1. The smallest absolute Gasteiger partial charge is 0.287 e. The lowest BCUT2D eigenvalue weighted by Gasteiger charge is -2.01. The van der Waals surface area contributed by atoms with Gasteiger partial charge in [0.25, 0.3) is 5.91 Å². The third-order valence-electron chi connectivity index (χ3n) is 3.30. The fraction of sp³-hybridized carbons (Fsp3) is 0.357. The Morgan fingerprint density at radius 2 is 2.18 bits per heavy atom. The first kappa shape index (κ1) is 10.4. The van der Waals surface area contributed by atoms with Crippen LogP contribution in [0.4, 0.5) is 0 Å². The van der Waals surface area contributed by atoms with E-state index >= 15 is 0 Å². The van der Waals surface area contributed by atoms with Crippen LogP contribution >= 0.6 is 0 Å². The van der Waals surface area contributed by atoms with E-state index in [1.54, 1.807) is 0 Å². The minimum absolute atomic E-state index is 0.0920. The fourth-order valence-corrected chi connectivity index (χ4v) is 2.03. The van der Waals surface area contributed by atoms with Crippen molar-refractivity contribution in [1.82, 2.24) is 5.32 Å². The van der Waals surface area contributed by atoms with E-state index in [-0.39, 0.29) is 5.91 Å². The molecular weight excluding hydrogens is 214 g/mol. The number of fused-ring (bicyclic) bond motifs is 1. The zero-order valence-electron chi connectivity index (χ0n) is 9.82. The second-order valence-corrected chi connectivity index (χ2v) is 4.71. The van der Waals surface area contributed by atoms with E-state index in [9.17, 15) is 4.79 Å². The molecular formula is C14H15NO2. The van der Waals surface area contributed by atoms with Crippen LogP contribution in [0.25, 0.3) is 11.0 Å². The van der Waals surface area contributed by atoms with Crippen LogP contribution in [0.3, 0.4) is 0 Å². The Hall–Kier alpha value is -1.77. The Morgan fingerprint density at radius 1 is 1.41 bits per heavy atom. The molecule has 1 N–H and O–H groups in total. The van der Waals surface area contributed by atoms with Crippen LogP contribution in [-0.2, 0) is 0 Å². The number of para-hydroxylation sites is 1. The average molecular weight is 229 g/mol. The summed E-state index contributed by atoms with van der Waals surface area (Å²) in [7, 11) is 0. The van der Waals surface area contributed by atoms with Gasteiger partial charge < -0.3 is 9.73 Å². The first-order valence-electron chi connectivity index (χ1n) is 6.02. The number of aryl methyl sites for hydroxylation is 1. The van der Waals surface area contributed by atoms with E-state index in [0.29, 0.717) is 11.7 Å². The molecule has 0 radical (unpaired) electrons. The molecule has 2 aromatic rings. The Bertz CT molecular complexity index is 567. The molecule has 1 aliphatic rings. The third kappa shape index (κ3) is 1.93. The molecule has 0 bridgehead atoms. The number of carbonyl (C=O) groups excluding carboxylic acids is 1. The predicted molar refractivity (Wildman–Crippen MR) is 66.0 cm³/mol. The lowest BCUT2D eigenvalue weighted by Crippen LogP contribution is -2.25. The maximum Gasteiger partial charge on any atom is 0.287 e. The van der Waals surface area contributed by atoms with Gasteiger partial charge in [0.15, 0.2) is 5.76 Å².